The van der Waals surface area contributed by atoms with Crippen molar-refractivity contribution in [2.24, 2.45) is 0 Å². The van der Waals surface area contributed by atoms with Gasteiger partial charge in [-0.2, -0.15) is 0 Å². The second kappa shape index (κ2) is 9.42. The van der Waals surface area contributed by atoms with Crippen LogP contribution in [0.1, 0.15) is 26.3 Å². The molecule has 0 radical (unpaired) electrons. The molecule has 0 aliphatic heterocycles. The normalized spacial score (nSPS) is 11.3. The van der Waals surface area contributed by atoms with E-state index in [1.807, 2.05) is 64.1 Å². The third kappa shape index (κ3) is 5.46. The number of aromatic nitrogens is 1. The van der Waals surface area contributed by atoms with Gasteiger partial charge in [0.05, 0.1) is 19.3 Å². The van der Waals surface area contributed by atoms with E-state index in [1.165, 1.54) is 12.0 Å². The van der Waals surface area contributed by atoms with E-state index in [-0.39, 0.29) is 11.3 Å². The molecule has 0 aliphatic carbocycles. The Labute approximate surface area is 187 Å². The molecule has 7 heteroatoms. The van der Waals surface area contributed by atoms with Gasteiger partial charge in [0.15, 0.2) is 11.6 Å². The van der Waals surface area contributed by atoms with Gasteiger partial charge in [-0.3, -0.25) is 0 Å². The zero-order chi connectivity index (χ0) is 23.5. The van der Waals surface area contributed by atoms with E-state index in [0.29, 0.717) is 24.6 Å². The van der Waals surface area contributed by atoms with Gasteiger partial charge in [-0.25, -0.2) is 14.2 Å². The van der Waals surface area contributed by atoms with Crippen LogP contribution >= 0.6 is 0 Å². The highest BCUT2D eigenvalue weighted by Gasteiger charge is 2.19. The summed E-state index contributed by atoms with van der Waals surface area (Å²) in [6.07, 6.45) is -0.391. The highest BCUT2D eigenvalue weighted by molar-refractivity contribution is 5.86. The fourth-order valence-corrected chi connectivity index (χ4v) is 3.17. The summed E-state index contributed by atoms with van der Waals surface area (Å²) in [7, 11) is 3.10. The van der Waals surface area contributed by atoms with Crippen LogP contribution in [0, 0.1) is 12.7 Å². The van der Waals surface area contributed by atoms with Crippen LogP contribution in [0.3, 0.4) is 0 Å². The summed E-state index contributed by atoms with van der Waals surface area (Å²) in [5.41, 5.74) is 2.18. The minimum absolute atomic E-state index is 0.168. The third-order valence-electron chi connectivity index (χ3n) is 4.86. The van der Waals surface area contributed by atoms with Crippen molar-refractivity contribution in [3.05, 3.63) is 53.8 Å². The highest BCUT2D eigenvalue weighted by atomic mass is 19.1. The first-order chi connectivity index (χ1) is 15.1. The number of pyridine rings is 1. The molecule has 6 nitrogen and oxygen atoms in total. The van der Waals surface area contributed by atoms with Crippen LogP contribution in [0.4, 0.5) is 9.18 Å². The Balaban J connectivity index is 1.69. The van der Waals surface area contributed by atoms with Crippen LogP contribution in [0.15, 0.2) is 42.5 Å². The Hall–Kier alpha value is -3.35. The number of carbonyl (C=O) groups excluding carboxylic acids is 1. The lowest BCUT2D eigenvalue weighted by Crippen LogP contribution is -2.36. The van der Waals surface area contributed by atoms with Gasteiger partial charge in [0.2, 0.25) is 0 Å². The van der Waals surface area contributed by atoms with Gasteiger partial charge in [-0.15, -0.1) is 0 Å². The number of ether oxygens (including phenoxy) is 3. The van der Waals surface area contributed by atoms with Crippen LogP contribution in [-0.2, 0) is 4.74 Å². The molecule has 3 rings (SSSR count). The minimum Gasteiger partial charge on any atom is -0.494 e. The zero-order valence-electron chi connectivity index (χ0n) is 19.4. The lowest BCUT2D eigenvalue weighted by molar-refractivity contribution is 0.0278. The molecule has 0 bridgehead atoms. The molecule has 0 saturated heterocycles. The maximum atomic E-state index is 14.7. The monoisotopic (exact) mass is 440 g/mol. The summed E-state index contributed by atoms with van der Waals surface area (Å²) >= 11 is 0. The van der Waals surface area contributed by atoms with Crippen LogP contribution in [0.2, 0.25) is 0 Å². The van der Waals surface area contributed by atoms with E-state index >= 15 is 0 Å². The van der Waals surface area contributed by atoms with Crippen LogP contribution < -0.4 is 9.47 Å². The molecular weight excluding hydrogens is 411 g/mol. The Morgan fingerprint density at radius 1 is 1.12 bits per heavy atom. The van der Waals surface area contributed by atoms with Crippen molar-refractivity contribution in [1.29, 1.82) is 0 Å². The number of carbonyl (C=O) groups is 1. The summed E-state index contributed by atoms with van der Waals surface area (Å²) in [6, 6.07) is 12.8. The number of hydrogen-bond acceptors (Lipinski definition) is 5. The van der Waals surface area contributed by atoms with Crippen molar-refractivity contribution in [1.82, 2.24) is 9.88 Å². The van der Waals surface area contributed by atoms with Crippen molar-refractivity contribution >= 4 is 17.0 Å². The van der Waals surface area contributed by atoms with Crippen LogP contribution in [0.25, 0.3) is 22.2 Å². The lowest BCUT2D eigenvalue weighted by Gasteiger charge is -2.24. The molecule has 1 heterocycles. The molecular formula is C25H29FN2O4. The van der Waals surface area contributed by atoms with Gasteiger partial charge in [-0.1, -0.05) is 0 Å². The molecule has 0 fully saturated rings. The number of halogens is 1. The summed E-state index contributed by atoms with van der Waals surface area (Å²) in [5.74, 6) is 0.363. The van der Waals surface area contributed by atoms with Crippen molar-refractivity contribution in [2.45, 2.75) is 33.3 Å². The summed E-state index contributed by atoms with van der Waals surface area (Å²) in [6.45, 7) is 8.13. The van der Waals surface area contributed by atoms with Crippen LogP contribution in [-0.4, -0.2) is 48.9 Å². The van der Waals surface area contributed by atoms with Crippen molar-refractivity contribution in [3.63, 3.8) is 0 Å². The number of benzene rings is 2. The number of likely N-dealkylation sites (N-methyl/N-ethyl adjacent to an activating group) is 1. The Bertz CT molecular complexity index is 1110. The molecule has 170 valence electrons. The molecule has 1 amide bonds. The lowest BCUT2D eigenvalue weighted by atomic mass is 10.0. The third-order valence-corrected chi connectivity index (χ3v) is 4.86. The number of fused-ring (bicyclic) bond motifs is 1. The van der Waals surface area contributed by atoms with Crippen LogP contribution in [0.5, 0.6) is 11.5 Å². The largest absolute Gasteiger partial charge is 0.494 e. The summed E-state index contributed by atoms with van der Waals surface area (Å²) in [4.78, 5) is 18.0. The van der Waals surface area contributed by atoms with E-state index in [9.17, 15) is 9.18 Å². The molecule has 1 aromatic heterocycles. The average Bonchev–Trinajstić information content (AvgIpc) is 2.73. The number of nitrogens with zero attached hydrogens (tertiary/aromatic N) is 2. The molecule has 2 aromatic carbocycles. The molecule has 0 saturated carbocycles. The van der Waals surface area contributed by atoms with E-state index in [4.69, 9.17) is 14.2 Å². The van der Waals surface area contributed by atoms with Crippen molar-refractivity contribution in [3.8, 4) is 22.8 Å². The standard InChI is InChI=1S/C25H29FN2O4/c1-16-15-20(27-23-19(16)11-12-21(30-6)22(23)26)17-7-9-18(10-8-17)31-14-13-28(5)24(29)32-25(2,3)4/h7-12,15H,13-14H2,1-6H3. The first-order valence-electron chi connectivity index (χ1n) is 10.4. The van der Waals surface area contributed by atoms with Gasteiger partial charge in [0.25, 0.3) is 0 Å². The fraction of sp³-hybridized carbons (Fsp3) is 0.360. The minimum atomic E-state index is -0.536. The number of rotatable bonds is 6. The maximum Gasteiger partial charge on any atom is 0.410 e. The summed E-state index contributed by atoms with van der Waals surface area (Å²) < 4.78 is 30.9. The first kappa shape index (κ1) is 23.3. The maximum absolute atomic E-state index is 14.7. The Morgan fingerprint density at radius 3 is 2.44 bits per heavy atom. The first-order valence-corrected chi connectivity index (χ1v) is 10.4. The average molecular weight is 441 g/mol. The fourth-order valence-electron chi connectivity index (χ4n) is 3.17. The number of amides is 1. The second-order valence-corrected chi connectivity index (χ2v) is 8.58. The zero-order valence-corrected chi connectivity index (χ0v) is 19.4. The van der Waals surface area contributed by atoms with Gasteiger partial charge in [-0.05, 0) is 75.7 Å². The van der Waals surface area contributed by atoms with E-state index in [2.05, 4.69) is 4.98 Å². The molecule has 0 unspecified atom stereocenters. The molecule has 0 aliphatic rings. The predicted octanol–water partition coefficient (Wildman–Crippen LogP) is 5.60. The number of aryl methyl sites for hydroxylation is 1. The van der Waals surface area contributed by atoms with E-state index < -0.39 is 17.5 Å². The predicted molar refractivity (Wildman–Crippen MR) is 123 cm³/mol. The topological polar surface area (TPSA) is 60.9 Å². The smallest absolute Gasteiger partial charge is 0.410 e. The highest BCUT2D eigenvalue weighted by Crippen LogP contribution is 2.30. The van der Waals surface area contributed by atoms with E-state index in [0.717, 1.165) is 16.5 Å². The Kier molecular flexibility index (Phi) is 6.87. The molecule has 0 N–H and O–H groups in total. The number of methoxy groups -OCH3 is 1. The van der Waals surface area contributed by atoms with E-state index in [1.54, 1.807) is 13.1 Å². The van der Waals surface area contributed by atoms with Gasteiger partial charge in [0, 0.05) is 18.0 Å². The quantitative estimate of drug-likeness (QED) is 0.499. The SMILES string of the molecule is COc1ccc2c(C)cc(-c3ccc(OCCN(C)C(=O)OC(C)(C)C)cc3)nc2c1F. The van der Waals surface area contributed by atoms with Gasteiger partial charge in [0.1, 0.15) is 23.5 Å². The van der Waals surface area contributed by atoms with Crippen molar-refractivity contribution < 1.29 is 23.4 Å². The molecule has 0 atom stereocenters. The van der Waals surface area contributed by atoms with Gasteiger partial charge >= 0.3 is 6.09 Å². The Morgan fingerprint density at radius 2 is 1.81 bits per heavy atom. The molecule has 3 aromatic rings. The second-order valence-electron chi connectivity index (χ2n) is 8.58. The molecule has 0 spiro atoms. The number of hydrogen-bond donors (Lipinski definition) is 0. The summed E-state index contributed by atoms with van der Waals surface area (Å²) in [5, 5.41) is 0.751. The van der Waals surface area contributed by atoms with Crippen molar-refractivity contribution in [2.75, 3.05) is 27.3 Å². The molecule has 32 heavy (non-hydrogen) atoms. The van der Waals surface area contributed by atoms with Gasteiger partial charge < -0.3 is 19.1 Å².